The van der Waals surface area contributed by atoms with E-state index < -0.39 is 18.2 Å². The highest BCUT2D eigenvalue weighted by molar-refractivity contribution is 6.33. The van der Waals surface area contributed by atoms with Crippen LogP contribution in [0.25, 0.3) is 10.4 Å². The van der Waals surface area contributed by atoms with Gasteiger partial charge in [0.15, 0.2) is 0 Å². The molecule has 7 nitrogen and oxygen atoms in total. The Balaban J connectivity index is 3.12. The minimum absolute atomic E-state index is 0.0318. The van der Waals surface area contributed by atoms with Crippen molar-refractivity contribution in [3.8, 4) is 0 Å². The summed E-state index contributed by atoms with van der Waals surface area (Å²) in [5, 5.41) is 31.4. The largest absolute Gasteiger partial charge is 0.478 e. The lowest BCUT2D eigenvalue weighted by Gasteiger charge is -2.18. The van der Waals surface area contributed by atoms with Gasteiger partial charge in [0.1, 0.15) is 6.10 Å². The Morgan fingerprint density at radius 1 is 1.50 bits per heavy atom. The summed E-state index contributed by atoms with van der Waals surface area (Å²) in [4.78, 5) is 13.5. The lowest BCUT2D eigenvalue weighted by atomic mass is 9.98. The molecule has 96 valence electrons. The first-order valence-electron chi connectivity index (χ1n) is 4.87. The van der Waals surface area contributed by atoms with Gasteiger partial charge in [-0.2, -0.15) is 0 Å². The SMILES string of the molecule is [N-]=[N+]=NCC(O)C(O)c1cccc(Cl)c1C(=O)O. The van der Waals surface area contributed by atoms with Gasteiger partial charge in [0.25, 0.3) is 0 Å². The van der Waals surface area contributed by atoms with E-state index >= 15 is 0 Å². The van der Waals surface area contributed by atoms with Crippen LogP contribution in [0.15, 0.2) is 23.3 Å². The van der Waals surface area contributed by atoms with Crippen LogP contribution in [-0.2, 0) is 0 Å². The van der Waals surface area contributed by atoms with E-state index in [1.807, 2.05) is 0 Å². The molecule has 3 N–H and O–H groups in total. The average molecular weight is 272 g/mol. The Hall–Kier alpha value is -1.79. The topological polar surface area (TPSA) is 127 Å². The molecule has 0 aliphatic heterocycles. The first-order chi connectivity index (χ1) is 8.49. The first-order valence-corrected chi connectivity index (χ1v) is 5.25. The van der Waals surface area contributed by atoms with Crippen molar-refractivity contribution in [1.29, 1.82) is 0 Å². The molecule has 0 amide bonds. The van der Waals surface area contributed by atoms with E-state index in [1.54, 1.807) is 0 Å². The Labute approximate surface area is 107 Å². The predicted molar refractivity (Wildman–Crippen MR) is 63.4 cm³/mol. The fourth-order valence-corrected chi connectivity index (χ4v) is 1.70. The fourth-order valence-electron chi connectivity index (χ4n) is 1.44. The van der Waals surface area contributed by atoms with E-state index in [1.165, 1.54) is 18.2 Å². The van der Waals surface area contributed by atoms with Crippen LogP contribution >= 0.6 is 11.6 Å². The summed E-state index contributed by atoms with van der Waals surface area (Å²) in [6.45, 7) is -0.372. The second kappa shape index (κ2) is 6.23. The van der Waals surface area contributed by atoms with Crippen LogP contribution < -0.4 is 0 Å². The van der Waals surface area contributed by atoms with E-state index in [4.69, 9.17) is 22.2 Å². The zero-order valence-corrected chi connectivity index (χ0v) is 9.82. The van der Waals surface area contributed by atoms with Gasteiger partial charge in [-0.05, 0) is 17.2 Å². The number of nitrogens with zero attached hydrogens (tertiary/aromatic N) is 3. The maximum Gasteiger partial charge on any atom is 0.337 e. The number of hydrogen-bond donors (Lipinski definition) is 3. The number of aliphatic hydroxyl groups is 2. The number of aliphatic hydroxyl groups excluding tert-OH is 2. The lowest BCUT2D eigenvalue weighted by Crippen LogP contribution is -2.23. The lowest BCUT2D eigenvalue weighted by molar-refractivity contribution is 0.0232. The molecule has 0 saturated carbocycles. The summed E-state index contributed by atoms with van der Waals surface area (Å²) >= 11 is 5.72. The van der Waals surface area contributed by atoms with Gasteiger partial charge in [0.2, 0.25) is 0 Å². The van der Waals surface area contributed by atoms with Gasteiger partial charge in [-0.3, -0.25) is 0 Å². The number of carboxylic acids is 1. The van der Waals surface area contributed by atoms with Crippen LogP contribution in [-0.4, -0.2) is 33.9 Å². The van der Waals surface area contributed by atoms with Crippen molar-refractivity contribution in [2.45, 2.75) is 12.2 Å². The van der Waals surface area contributed by atoms with Crippen LogP contribution in [0.5, 0.6) is 0 Å². The number of rotatable bonds is 5. The van der Waals surface area contributed by atoms with Crippen LogP contribution in [0.3, 0.4) is 0 Å². The molecule has 0 spiro atoms. The van der Waals surface area contributed by atoms with Crippen LogP contribution in [0.1, 0.15) is 22.0 Å². The van der Waals surface area contributed by atoms with E-state index in [9.17, 15) is 15.0 Å². The molecule has 0 aliphatic rings. The molecule has 8 heteroatoms. The van der Waals surface area contributed by atoms with Crippen molar-refractivity contribution < 1.29 is 20.1 Å². The molecule has 0 aromatic heterocycles. The Bertz CT molecular complexity index is 502. The highest BCUT2D eigenvalue weighted by Gasteiger charge is 2.24. The van der Waals surface area contributed by atoms with Crippen molar-refractivity contribution in [2.24, 2.45) is 5.11 Å². The smallest absolute Gasteiger partial charge is 0.337 e. The van der Waals surface area contributed by atoms with Crippen LogP contribution in [0.4, 0.5) is 0 Å². The number of benzene rings is 1. The molecule has 0 radical (unpaired) electrons. The molecule has 0 fully saturated rings. The van der Waals surface area contributed by atoms with Gasteiger partial charge in [-0.15, -0.1) is 0 Å². The van der Waals surface area contributed by atoms with Gasteiger partial charge in [0.05, 0.1) is 23.2 Å². The maximum absolute atomic E-state index is 11.0. The van der Waals surface area contributed by atoms with Gasteiger partial charge in [-0.1, -0.05) is 28.8 Å². The number of hydrogen-bond acceptors (Lipinski definition) is 4. The number of halogens is 1. The normalized spacial score (nSPS) is 13.5. The standard InChI is InChI=1S/C10H10ClN3O4/c11-6-3-1-2-5(8(6)10(17)18)9(16)7(15)4-13-14-12/h1-3,7,9,15-16H,4H2,(H,17,18). The summed E-state index contributed by atoms with van der Waals surface area (Å²) in [6, 6.07) is 4.15. The molecule has 0 bridgehead atoms. The molecule has 1 rings (SSSR count). The molecule has 2 atom stereocenters. The first kappa shape index (κ1) is 14.3. The monoisotopic (exact) mass is 271 g/mol. The summed E-state index contributed by atoms with van der Waals surface area (Å²) < 4.78 is 0. The molecule has 1 aromatic rings. The third kappa shape index (κ3) is 3.12. The maximum atomic E-state index is 11.0. The number of aromatic carboxylic acids is 1. The molecule has 18 heavy (non-hydrogen) atoms. The van der Waals surface area contributed by atoms with Crippen molar-refractivity contribution >= 4 is 17.6 Å². The highest BCUT2D eigenvalue weighted by atomic mass is 35.5. The predicted octanol–water partition coefficient (Wildman–Crippen LogP) is 1.74. The van der Waals surface area contributed by atoms with Crippen LogP contribution in [0.2, 0.25) is 5.02 Å². The molecule has 2 unspecified atom stereocenters. The minimum Gasteiger partial charge on any atom is -0.478 e. The summed E-state index contributed by atoms with van der Waals surface area (Å²) in [6.07, 6.45) is -2.90. The van der Waals surface area contributed by atoms with Gasteiger partial charge in [0, 0.05) is 4.91 Å². The zero-order valence-electron chi connectivity index (χ0n) is 9.06. The number of carboxylic acid groups (broad SMARTS) is 1. The van der Waals surface area contributed by atoms with Gasteiger partial charge in [-0.25, -0.2) is 4.79 Å². The zero-order chi connectivity index (χ0) is 13.7. The van der Waals surface area contributed by atoms with E-state index in [0.717, 1.165) is 0 Å². The molecular formula is C10H10ClN3O4. The summed E-state index contributed by atoms with van der Waals surface area (Å²) in [7, 11) is 0. The molecule has 0 heterocycles. The van der Waals surface area contributed by atoms with Crippen molar-refractivity contribution in [3.05, 3.63) is 44.8 Å². The van der Waals surface area contributed by atoms with E-state index in [0.29, 0.717) is 0 Å². The van der Waals surface area contributed by atoms with E-state index in [-0.39, 0.29) is 22.7 Å². The van der Waals surface area contributed by atoms with E-state index in [2.05, 4.69) is 10.0 Å². The molecule has 0 aliphatic carbocycles. The Morgan fingerprint density at radius 2 is 2.17 bits per heavy atom. The molecular weight excluding hydrogens is 262 g/mol. The Kier molecular flexibility index (Phi) is 4.94. The second-order valence-electron chi connectivity index (χ2n) is 3.43. The Morgan fingerprint density at radius 3 is 2.72 bits per heavy atom. The summed E-state index contributed by atoms with van der Waals surface area (Å²) in [5.41, 5.74) is 7.79. The van der Waals surface area contributed by atoms with Crippen molar-refractivity contribution in [2.75, 3.05) is 6.54 Å². The second-order valence-corrected chi connectivity index (χ2v) is 3.84. The molecule has 0 saturated heterocycles. The van der Waals surface area contributed by atoms with Crippen molar-refractivity contribution in [3.63, 3.8) is 0 Å². The average Bonchev–Trinajstić information content (AvgIpc) is 2.34. The van der Waals surface area contributed by atoms with Crippen molar-refractivity contribution in [1.82, 2.24) is 0 Å². The third-order valence-electron chi connectivity index (χ3n) is 2.27. The molecule has 1 aromatic carbocycles. The van der Waals surface area contributed by atoms with Gasteiger partial charge < -0.3 is 15.3 Å². The van der Waals surface area contributed by atoms with Crippen LogP contribution in [0, 0.1) is 0 Å². The number of azide groups is 1. The van der Waals surface area contributed by atoms with Gasteiger partial charge >= 0.3 is 5.97 Å². The summed E-state index contributed by atoms with van der Waals surface area (Å²) in [5.74, 6) is -1.31. The number of carbonyl (C=O) groups is 1. The minimum atomic E-state index is -1.50. The fraction of sp³-hybridized carbons (Fsp3) is 0.300. The third-order valence-corrected chi connectivity index (χ3v) is 2.59. The highest BCUT2D eigenvalue weighted by Crippen LogP contribution is 2.27. The quantitative estimate of drug-likeness (QED) is 0.428.